The molecule has 150 valence electrons. The Morgan fingerprint density at radius 3 is 2.29 bits per heavy atom. The van der Waals surface area contributed by atoms with E-state index in [4.69, 9.17) is 11.6 Å². The number of amides is 2. The van der Waals surface area contributed by atoms with Crippen LogP contribution in [-0.4, -0.2) is 28.8 Å². The average Bonchev–Trinajstić information content (AvgIpc) is 2.68. The van der Waals surface area contributed by atoms with Crippen LogP contribution in [0.5, 0.6) is 0 Å². The van der Waals surface area contributed by atoms with Crippen molar-refractivity contribution in [2.45, 2.75) is 52.2 Å². The van der Waals surface area contributed by atoms with Gasteiger partial charge < -0.3 is 10.2 Å². The van der Waals surface area contributed by atoms with Gasteiger partial charge in [0.1, 0.15) is 11.9 Å². The molecule has 0 fully saturated rings. The van der Waals surface area contributed by atoms with Gasteiger partial charge in [-0.05, 0) is 38.0 Å². The van der Waals surface area contributed by atoms with Crippen molar-refractivity contribution < 1.29 is 14.0 Å². The summed E-state index contributed by atoms with van der Waals surface area (Å²) in [6, 6.07) is 12.6. The van der Waals surface area contributed by atoms with Gasteiger partial charge in [-0.25, -0.2) is 4.39 Å². The summed E-state index contributed by atoms with van der Waals surface area (Å²) in [5.41, 5.74) is 1.03. The third-order valence-corrected chi connectivity index (χ3v) is 5.14. The third kappa shape index (κ3) is 5.80. The second kappa shape index (κ2) is 10.2. The van der Waals surface area contributed by atoms with Crippen molar-refractivity contribution in [2.75, 3.05) is 0 Å². The Bertz CT molecular complexity index is 828. The minimum absolute atomic E-state index is 0.00501. The van der Waals surface area contributed by atoms with Crippen LogP contribution in [0.2, 0.25) is 5.02 Å². The zero-order valence-electron chi connectivity index (χ0n) is 16.4. The Kier molecular flexibility index (Phi) is 8.00. The summed E-state index contributed by atoms with van der Waals surface area (Å²) in [6.07, 6.45) is 0.814. The van der Waals surface area contributed by atoms with Crippen LogP contribution in [0.15, 0.2) is 48.5 Å². The molecule has 2 aromatic rings. The molecule has 0 unspecified atom stereocenters. The number of nitrogens with one attached hydrogen (secondary N) is 1. The molecule has 2 rings (SSSR count). The van der Waals surface area contributed by atoms with E-state index in [1.807, 2.05) is 13.8 Å². The van der Waals surface area contributed by atoms with Crippen molar-refractivity contribution in [2.24, 2.45) is 0 Å². The first-order valence-electron chi connectivity index (χ1n) is 9.40. The second-order valence-electron chi connectivity index (χ2n) is 6.88. The van der Waals surface area contributed by atoms with Crippen LogP contribution in [0, 0.1) is 5.82 Å². The Labute approximate surface area is 170 Å². The first-order valence-corrected chi connectivity index (χ1v) is 9.77. The Morgan fingerprint density at radius 2 is 1.68 bits per heavy atom. The molecule has 2 aromatic carbocycles. The van der Waals surface area contributed by atoms with Crippen LogP contribution in [0.4, 0.5) is 4.39 Å². The van der Waals surface area contributed by atoms with E-state index in [0.717, 1.165) is 6.42 Å². The number of halogens is 2. The minimum atomic E-state index is -0.747. The van der Waals surface area contributed by atoms with E-state index in [1.54, 1.807) is 49.4 Å². The summed E-state index contributed by atoms with van der Waals surface area (Å²) in [6.45, 7) is 5.53. The van der Waals surface area contributed by atoms with Gasteiger partial charge in [0.25, 0.3) is 0 Å². The zero-order chi connectivity index (χ0) is 20.7. The van der Waals surface area contributed by atoms with Crippen LogP contribution < -0.4 is 5.32 Å². The molecule has 0 aliphatic rings. The largest absolute Gasteiger partial charge is 0.352 e. The van der Waals surface area contributed by atoms with Crippen LogP contribution >= 0.6 is 11.6 Å². The van der Waals surface area contributed by atoms with Crippen LogP contribution in [0.3, 0.4) is 0 Å². The second-order valence-corrected chi connectivity index (χ2v) is 7.28. The van der Waals surface area contributed by atoms with E-state index in [1.165, 1.54) is 11.0 Å². The maximum atomic E-state index is 14.2. The third-order valence-electron chi connectivity index (χ3n) is 4.77. The standard InChI is InChI=1S/C22H26ClFN2O2/c1-4-15(2)25-22(28)16(3)26(14-18-10-6-8-12-20(18)24)21(27)13-17-9-5-7-11-19(17)23/h5-12,15-16H,4,13-14H2,1-3H3,(H,25,28)/t15-,16-/m0/s1. The number of carbonyl (C=O) groups is 2. The van der Waals surface area contributed by atoms with Gasteiger partial charge in [0, 0.05) is 23.2 Å². The number of hydrogen-bond acceptors (Lipinski definition) is 2. The number of rotatable bonds is 8. The maximum Gasteiger partial charge on any atom is 0.242 e. The lowest BCUT2D eigenvalue weighted by Crippen LogP contribution is -2.50. The predicted molar refractivity (Wildman–Crippen MR) is 109 cm³/mol. The highest BCUT2D eigenvalue weighted by Crippen LogP contribution is 2.19. The van der Waals surface area contributed by atoms with E-state index in [2.05, 4.69) is 5.32 Å². The molecule has 0 bridgehead atoms. The lowest BCUT2D eigenvalue weighted by atomic mass is 10.1. The normalized spacial score (nSPS) is 12.9. The van der Waals surface area contributed by atoms with Gasteiger partial charge in [0.05, 0.1) is 6.42 Å². The van der Waals surface area contributed by atoms with E-state index < -0.39 is 11.9 Å². The molecule has 0 aliphatic heterocycles. The highest BCUT2D eigenvalue weighted by molar-refractivity contribution is 6.31. The van der Waals surface area contributed by atoms with Gasteiger partial charge in [-0.15, -0.1) is 0 Å². The van der Waals surface area contributed by atoms with Crippen molar-refractivity contribution in [3.05, 3.63) is 70.5 Å². The fraction of sp³-hybridized carbons (Fsp3) is 0.364. The van der Waals surface area contributed by atoms with E-state index in [9.17, 15) is 14.0 Å². The summed E-state index contributed by atoms with van der Waals surface area (Å²) in [5, 5.41) is 3.37. The van der Waals surface area contributed by atoms with Gasteiger partial charge in [0.2, 0.25) is 11.8 Å². The predicted octanol–water partition coefficient (Wildman–Crippen LogP) is 4.35. The lowest BCUT2D eigenvalue weighted by molar-refractivity contribution is -0.140. The average molecular weight is 405 g/mol. The molecule has 1 N–H and O–H groups in total. The van der Waals surface area contributed by atoms with Gasteiger partial charge in [0.15, 0.2) is 0 Å². The summed E-state index contributed by atoms with van der Waals surface area (Å²) in [4.78, 5) is 27.1. The molecule has 0 heterocycles. The molecule has 4 nitrogen and oxygen atoms in total. The first-order chi connectivity index (χ1) is 13.3. The smallest absolute Gasteiger partial charge is 0.242 e. The number of nitrogens with zero attached hydrogens (tertiary/aromatic N) is 1. The Morgan fingerprint density at radius 1 is 1.07 bits per heavy atom. The Hall–Kier alpha value is -2.40. The summed E-state index contributed by atoms with van der Waals surface area (Å²) < 4.78 is 14.2. The molecule has 2 atom stereocenters. The lowest BCUT2D eigenvalue weighted by Gasteiger charge is -2.30. The molecular weight excluding hydrogens is 379 g/mol. The van der Waals surface area contributed by atoms with Crippen LogP contribution in [0.25, 0.3) is 0 Å². The maximum absolute atomic E-state index is 14.2. The molecule has 2 amide bonds. The molecule has 0 saturated heterocycles. The highest BCUT2D eigenvalue weighted by Gasteiger charge is 2.27. The van der Waals surface area contributed by atoms with Gasteiger partial charge in [-0.2, -0.15) is 0 Å². The SMILES string of the molecule is CC[C@H](C)NC(=O)[C@H](C)N(Cc1ccccc1F)C(=O)Cc1ccccc1Cl. The monoisotopic (exact) mass is 404 g/mol. The fourth-order valence-electron chi connectivity index (χ4n) is 2.76. The summed E-state index contributed by atoms with van der Waals surface area (Å²) in [7, 11) is 0. The first kappa shape index (κ1) is 21.9. The molecule has 0 aromatic heterocycles. The van der Waals surface area contributed by atoms with Crippen molar-refractivity contribution >= 4 is 23.4 Å². The van der Waals surface area contributed by atoms with Crippen LogP contribution in [0.1, 0.15) is 38.3 Å². The van der Waals surface area contributed by atoms with Crippen molar-refractivity contribution in [3.63, 3.8) is 0 Å². The molecule has 0 spiro atoms. The van der Waals surface area contributed by atoms with Gasteiger partial charge in [-0.3, -0.25) is 9.59 Å². The summed E-state index contributed by atoms with van der Waals surface area (Å²) in [5.74, 6) is -0.964. The fourth-order valence-corrected chi connectivity index (χ4v) is 2.97. The number of benzene rings is 2. The van der Waals surface area contributed by atoms with E-state index in [0.29, 0.717) is 16.1 Å². The zero-order valence-corrected chi connectivity index (χ0v) is 17.2. The van der Waals surface area contributed by atoms with Gasteiger partial charge in [-0.1, -0.05) is 54.9 Å². The minimum Gasteiger partial charge on any atom is -0.352 e. The van der Waals surface area contributed by atoms with Crippen molar-refractivity contribution in [1.82, 2.24) is 10.2 Å². The molecular formula is C22H26ClFN2O2. The van der Waals surface area contributed by atoms with E-state index >= 15 is 0 Å². The molecule has 0 saturated carbocycles. The van der Waals surface area contributed by atoms with Gasteiger partial charge >= 0.3 is 0 Å². The van der Waals surface area contributed by atoms with Crippen molar-refractivity contribution in [3.8, 4) is 0 Å². The molecule has 6 heteroatoms. The van der Waals surface area contributed by atoms with E-state index in [-0.39, 0.29) is 30.8 Å². The summed E-state index contributed by atoms with van der Waals surface area (Å²) >= 11 is 6.18. The van der Waals surface area contributed by atoms with Crippen LogP contribution in [-0.2, 0) is 22.6 Å². The molecule has 28 heavy (non-hydrogen) atoms. The molecule has 0 radical (unpaired) electrons. The topological polar surface area (TPSA) is 49.4 Å². The number of hydrogen-bond donors (Lipinski definition) is 1. The van der Waals surface area contributed by atoms with Crippen molar-refractivity contribution in [1.29, 1.82) is 0 Å². The number of carbonyl (C=O) groups excluding carboxylic acids is 2. The quantitative estimate of drug-likeness (QED) is 0.710. The Balaban J connectivity index is 2.26. The molecule has 0 aliphatic carbocycles. The highest BCUT2D eigenvalue weighted by atomic mass is 35.5.